The number of carbonyl (C=O) groups is 1. The van der Waals surface area contributed by atoms with Crippen molar-refractivity contribution in [1.29, 1.82) is 5.26 Å². The lowest BCUT2D eigenvalue weighted by Crippen LogP contribution is -2.36. The molecule has 0 saturated carbocycles. The van der Waals surface area contributed by atoms with Gasteiger partial charge in [-0.15, -0.1) is 0 Å². The molecule has 2 aromatic rings. The Kier molecular flexibility index (Phi) is 6.29. The second-order valence-electron chi connectivity index (χ2n) is 5.24. The summed E-state index contributed by atoms with van der Waals surface area (Å²) in [6.07, 6.45) is -0.273. The number of hydrogen-bond acceptors (Lipinski definition) is 3. The third kappa shape index (κ3) is 5.07. The first kappa shape index (κ1) is 17.4. The van der Waals surface area contributed by atoms with E-state index in [1.54, 1.807) is 0 Å². The van der Waals surface area contributed by atoms with Gasteiger partial charge in [-0.25, -0.2) is 9.18 Å². The number of rotatable bonds is 6. The summed E-state index contributed by atoms with van der Waals surface area (Å²) in [5, 5.41) is 23.8. The highest BCUT2D eigenvalue weighted by molar-refractivity contribution is 5.73. The molecule has 1 unspecified atom stereocenters. The van der Waals surface area contributed by atoms with E-state index in [-0.39, 0.29) is 18.7 Å². The van der Waals surface area contributed by atoms with Crippen LogP contribution in [0.3, 0.4) is 0 Å². The van der Waals surface area contributed by atoms with E-state index < -0.39 is 18.0 Å². The summed E-state index contributed by atoms with van der Waals surface area (Å²) in [4.78, 5) is 11.7. The third-order valence-corrected chi connectivity index (χ3v) is 3.51. The van der Waals surface area contributed by atoms with Crippen LogP contribution in [0.5, 0.6) is 0 Å². The van der Waals surface area contributed by atoms with Crippen molar-refractivity contribution in [1.82, 2.24) is 10.6 Å². The lowest BCUT2D eigenvalue weighted by molar-refractivity contribution is 0.167. The van der Waals surface area contributed by atoms with Gasteiger partial charge in [0.2, 0.25) is 0 Å². The largest absolute Gasteiger partial charge is 0.388 e. The Balaban J connectivity index is 1.73. The zero-order valence-corrected chi connectivity index (χ0v) is 13.0. The zero-order valence-electron chi connectivity index (χ0n) is 13.0. The Labute approximate surface area is 139 Å². The predicted octanol–water partition coefficient (Wildman–Crippen LogP) is 2.62. The van der Waals surface area contributed by atoms with Gasteiger partial charge >= 0.3 is 6.03 Å². The minimum Gasteiger partial charge on any atom is -0.388 e. The quantitative estimate of drug-likeness (QED) is 0.762. The smallest absolute Gasteiger partial charge is 0.315 e. The zero-order chi connectivity index (χ0) is 17.4. The number of hydrogen-bond donors (Lipinski definition) is 3. The average Bonchev–Trinajstić information content (AvgIpc) is 2.61. The lowest BCUT2D eigenvalue weighted by atomic mass is 10.1. The van der Waals surface area contributed by atoms with Crippen LogP contribution in [0, 0.1) is 17.1 Å². The van der Waals surface area contributed by atoms with Crippen molar-refractivity contribution in [3.63, 3.8) is 0 Å². The number of amides is 2. The molecule has 3 N–H and O–H groups in total. The van der Waals surface area contributed by atoms with Crippen LogP contribution in [0.2, 0.25) is 0 Å². The molecule has 0 aliphatic carbocycles. The van der Waals surface area contributed by atoms with Crippen molar-refractivity contribution in [3.05, 3.63) is 71.0 Å². The summed E-state index contributed by atoms with van der Waals surface area (Å²) in [7, 11) is 0. The molecule has 5 nitrogen and oxygen atoms in total. The number of aliphatic hydroxyl groups is 1. The van der Waals surface area contributed by atoms with Gasteiger partial charge in [-0.2, -0.15) is 5.26 Å². The predicted molar refractivity (Wildman–Crippen MR) is 87.4 cm³/mol. The first-order valence-electron chi connectivity index (χ1n) is 7.53. The van der Waals surface area contributed by atoms with E-state index in [1.807, 2.05) is 36.4 Å². The van der Waals surface area contributed by atoms with Gasteiger partial charge < -0.3 is 15.7 Å². The van der Waals surface area contributed by atoms with Crippen molar-refractivity contribution in [3.8, 4) is 6.07 Å². The summed E-state index contributed by atoms with van der Waals surface area (Å²) < 4.78 is 13.7. The number of benzene rings is 2. The number of urea groups is 1. The molecule has 2 rings (SSSR count). The van der Waals surface area contributed by atoms with Crippen LogP contribution in [-0.2, 0) is 6.54 Å². The lowest BCUT2D eigenvalue weighted by Gasteiger charge is -2.12. The highest BCUT2D eigenvalue weighted by Crippen LogP contribution is 2.14. The first-order chi connectivity index (χ1) is 11.6. The number of nitriles is 1. The highest BCUT2D eigenvalue weighted by atomic mass is 19.1. The molecule has 0 saturated heterocycles. The van der Waals surface area contributed by atoms with Crippen LogP contribution >= 0.6 is 0 Å². The fourth-order valence-electron chi connectivity index (χ4n) is 2.16. The van der Waals surface area contributed by atoms with Crippen molar-refractivity contribution in [2.75, 3.05) is 6.54 Å². The standard InChI is InChI=1S/C18H18FN3O2/c19-16-10-13(11-20)6-7-15(16)12-22-18(24)21-9-8-17(23)14-4-2-1-3-5-14/h1-7,10,17,23H,8-9,12H2,(H2,21,22,24). The van der Waals surface area contributed by atoms with Crippen molar-refractivity contribution in [2.45, 2.75) is 19.1 Å². The number of halogens is 1. The summed E-state index contributed by atoms with van der Waals surface area (Å²) in [6.45, 7) is 0.308. The Morgan fingerprint density at radius 1 is 1.21 bits per heavy atom. The monoisotopic (exact) mass is 327 g/mol. The molecule has 0 aliphatic heterocycles. The topological polar surface area (TPSA) is 85.2 Å². The fourth-order valence-corrected chi connectivity index (χ4v) is 2.16. The maximum atomic E-state index is 13.7. The second kappa shape index (κ2) is 8.65. The van der Waals surface area contributed by atoms with Gasteiger partial charge in [-0.3, -0.25) is 0 Å². The van der Waals surface area contributed by atoms with Crippen LogP contribution in [0.4, 0.5) is 9.18 Å². The second-order valence-corrected chi connectivity index (χ2v) is 5.24. The van der Waals surface area contributed by atoms with Gasteiger partial charge in [0.1, 0.15) is 5.82 Å². The van der Waals surface area contributed by atoms with Gasteiger partial charge in [0.05, 0.1) is 17.7 Å². The SMILES string of the molecule is N#Cc1ccc(CNC(=O)NCCC(O)c2ccccc2)c(F)c1. The molecule has 124 valence electrons. The van der Waals surface area contributed by atoms with Crippen LogP contribution < -0.4 is 10.6 Å². The van der Waals surface area contributed by atoms with Gasteiger partial charge in [-0.05, 0) is 24.1 Å². The van der Waals surface area contributed by atoms with Gasteiger partial charge in [0, 0.05) is 18.7 Å². The van der Waals surface area contributed by atoms with Crippen LogP contribution in [0.1, 0.15) is 29.2 Å². The molecular weight excluding hydrogens is 309 g/mol. The molecule has 24 heavy (non-hydrogen) atoms. The molecule has 2 amide bonds. The highest BCUT2D eigenvalue weighted by Gasteiger charge is 2.09. The summed E-state index contributed by atoms with van der Waals surface area (Å²) in [5.41, 5.74) is 1.32. The van der Waals surface area contributed by atoms with Gasteiger partial charge in [0.25, 0.3) is 0 Å². The summed E-state index contributed by atoms with van der Waals surface area (Å²) in [5.74, 6) is -0.533. The van der Waals surface area contributed by atoms with E-state index >= 15 is 0 Å². The molecule has 0 radical (unpaired) electrons. The average molecular weight is 327 g/mol. The number of aliphatic hydroxyl groups excluding tert-OH is 1. The van der Waals surface area contributed by atoms with Gasteiger partial charge in [0.15, 0.2) is 0 Å². The molecule has 0 aromatic heterocycles. The molecular formula is C18H18FN3O2. The van der Waals surface area contributed by atoms with E-state index in [0.29, 0.717) is 12.0 Å². The minimum atomic E-state index is -0.650. The summed E-state index contributed by atoms with van der Waals surface area (Å²) in [6, 6.07) is 14.7. The van der Waals surface area contributed by atoms with Gasteiger partial charge in [-0.1, -0.05) is 36.4 Å². The maximum absolute atomic E-state index is 13.7. The fraction of sp³-hybridized carbons (Fsp3) is 0.222. The molecule has 1 atom stereocenters. The van der Waals surface area contributed by atoms with Crippen LogP contribution in [0.25, 0.3) is 0 Å². The normalized spacial score (nSPS) is 11.4. The molecule has 0 bridgehead atoms. The molecule has 6 heteroatoms. The van der Waals surface area contributed by atoms with E-state index in [0.717, 1.165) is 11.6 Å². The number of nitrogens with one attached hydrogen (secondary N) is 2. The van der Waals surface area contributed by atoms with Crippen molar-refractivity contribution < 1.29 is 14.3 Å². The Morgan fingerprint density at radius 3 is 2.62 bits per heavy atom. The summed E-state index contributed by atoms with van der Waals surface area (Å²) >= 11 is 0. The Morgan fingerprint density at radius 2 is 1.96 bits per heavy atom. The molecule has 0 fully saturated rings. The van der Waals surface area contributed by atoms with E-state index in [4.69, 9.17) is 5.26 Å². The Hall–Kier alpha value is -2.91. The Bertz CT molecular complexity index is 729. The maximum Gasteiger partial charge on any atom is 0.315 e. The van der Waals surface area contributed by atoms with Crippen molar-refractivity contribution >= 4 is 6.03 Å². The molecule has 0 heterocycles. The van der Waals surface area contributed by atoms with Crippen LogP contribution in [-0.4, -0.2) is 17.7 Å². The van der Waals surface area contributed by atoms with Crippen molar-refractivity contribution in [2.24, 2.45) is 0 Å². The first-order valence-corrected chi connectivity index (χ1v) is 7.53. The molecule has 0 spiro atoms. The third-order valence-electron chi connectivity index (χ3n) is 3.51. The van der Waals surface area contributed by atoms with E-state index in [1.165, 1.54) is 12.1 Å². The van der Waals surface area contributed by atoms with E-state index in [2.05, 4.69) is 10.6 Å². The molecule has 0 aliphatic rings. The molecule has 2 aromatic carbocycles. The minimum absolute atomic E-state index is 0.0185. The van der Waals surface area contributed by atoms with Crippen LogP contribution in [0.15, 0.2) is 48.5 Å². The number of nitrogens with zero attached hydrogens (tertiary/aromatic N) is 1. The van der Waals surface area contributed by atoms with E-state index in [9.17, 15) is 14.3 Å². The number of carbonyl (C=O) groups excluding carboxylic acids is 1.